The summed E-state index contributed by atoms with van der Waals surface area (Å²) in [5.41, 5.74) is 5.31. The monoisotopic (exact) mass is 476 g/mol. The summed E-state index contributed by atoms with van der Waals surface area (Å²) in [6, 6.07) is 23.9. The zero-order chi connectivity index (χ0) is 14.8. The Hall–Kier alpha value is -2.42. The SMILES string of the molecule is [Ir].c1ccc(-c2nc3ccccc3nc2-c2ccccn2)cc1. The van der Waals surface area contributed by atoms with E-state index < -0.39 is 0 Å². The average Bonchev–Trinajstić information content (AvgIpc) is 2.62. The number of fused-ring (bicyclic) bond motifs is 1. The van der Waals surface area contributed by atoms with Crippen LogP contribution in [-0.2, 0) is 20.1 Å². The molecule has 4 rings (SSSR count). The molecule has 2 aromatic carbocycles. The molecule has 113 valence electrons. The van der Waals surface area contributed by atoms with Gasteiger partial charge in [-0.25, -0.2) is 9.97 Å². The molecule has 4 heteroatoms. The quantitative estimate of drug-likeness (QED) is 0.433. The van der Waals surface area contributed by atoms with E-state index in [9.17, 15) is 0 Å². The smallest absolute Gasteiger partial charge is 0.116 e. The van der Waals surface area contributed by atoms with Gasteiger partial charge in [-0.05, 0) is 24.3 Å². The standard InChI is InChI=1S/C19H13N3.Ir/c1-2-8-14(9-3-1)18-19(17-12-6-7-13-20-17)22-16-11-5-4-10-15(16)21-18;/h1-13H;. The van der Waals surface area contributed by atoms with Crippen molar-refractivity contribution in [1.82, 2.24) is 15.0 Å². The Bertz CT molecular complexity index is 847. The van der Waals surface area contributed by atoms with E-state index >= 15 is 0 Å². The molecule has 0 aliphatic carbocycles. The summed E-state index contributed by atoms with van der Waals surface area (Å²) in [5.74, 6) is 0. The van der Waals surface area contributed by atoms with Gasteiger partial charge in [-0.1, -0.05) is 48.5 Å². The Kier molecular flexibility index (Phi) is 4.56. The first-order valence-corrected chi connectivity index (χ1v) is 7.15. The normalized spacial score (nSPS) is 10.3. The van der Waals surface area contributed by atoms with Crippen LogP contribution in [0.4, 0.5) is 0 Å². The van der Waals surface area contributed by atoms with E-state index in [1.807, 2.05) is 72.8 Å². The molecule has 1 radical (unpaired) electrons. The third kappa shape index (κ3) is 3.04. The molecule has 0 atom stereocenters. The molecule has 0 aliphatic heterocycles. The maximum absolute atomic E-state index is 4.82. The van der Waals surface area contributed by atoms with E-state index in [1.54, 1.807) is 6.20 Å². The molecule has 0 bridgehead atoms. The third-order valence-electron chi connectivity index (χ3n) is 3.53. The van der Waals surface area contributed by atoms with Gasteiger partial charge in [-0.15, -0.1) is 0 Å². The zero-order valence-electron chi connectivity index (χ0n) is 12.2. The Labute approximate surface area is 147 Å². The maximum atomic E-state index is 4.82. The molecule has 3 nitrogen and oxygen atoms in total. The molecule has 0 amide bonds. The van der Waals surface area contributed by atoms with Crippen LogP contribution >= 0.6 is 0 Å². The Balaban J connectivity index is 0.00000156. The molecule has 0 saturated carbocycles. The van der Waals surface area contributed by atoms with E-state index in [2.05, 4.69) is 4.98 Å². The Morgan fingerprint density at radius 1 is 0.565 bits per heavy atom. The summed E-state index contributed by atoms with van der Waals surface area (Å²) in [4.78, 5) is 14.1. The molecular weight excluding hydrogens is 462 g/mol. The summed E-state index contributed by atoms with van der Waals surface area (Å²) in [5, 5.41) is 0. The minimum absolute atomic E-state index is 0. The van der Waals surface area contributed by atoms with Gasteiger partial charge in [0.15, 0.2) is 0 Å². The van der Waals surface area contributed by atoms with Gasteiger partial charge in [0.25, 0.3) is 0 Å². The minimum atomic E-state index is 0. The largest absolute Gasteiger partial charge is 0.255 e. The number of para-hydroxylation sites is 2. The number of benzene rings is 2. The Morgan fingerprint density at radius 3 is 1.83 bits per heavy atom. The van der Waals surface area contributed by atoms with Crippen LogP contribution in [0.25, 0.3) is 33.7 Å². The number of hydrogen-bond donors (Lipinski definition) is 0. The first-order valence-electron chi connectivity index (χ1n) is 7.15. The second kappa shape index (κ2) is 6.78. The maximum Gasteiger partial charge on any atom is 0.116 e. The predicted molar refractivity (Wildman–Crippen MR) is 88.2 cm³/mol. The van der Waals surface area contributed by atoms with Crippen molar-refractivity contribution in [2.75, 3.05) is 0 Å². The number of rotatable bonds is 2. The minimum Gasteiger partial charge on any atom is -0.255 e. The summed E-state index contributed by atoms with van der Waals surface area (Å²) >= 11 is 0. The van der Waals surface area contributed by atoms with Gasteiger partial charge in [-0.3, -0.25) is 4.98 Å². The van der Waals surface area contributed by atoms with Crippen LogP contribution in [0.15, 0.2) is 79.0 Å². The van der Waals surface area contributed by atoms with Crippen molar-refractivity contribution in [2.24, 2.45) is 0 Å². The molecule has 0 spiro atoms. The van der Waals surface area contributed by atoms with Crippen LogP contribution in [-0.4, -0.2) is 15.0 Å². The molecule has 0 aliphatic rings. The van der Waals surface area contributed by atoms with Gasteiger partial charge in [0.2, 0.25) is 0 Å². The van der Waals surface area contributed by atoms with E-state index in [-0.39, 0.29) is 20.1 Å². The third-order valence-corrected chi connectivity index (χ3v) is 3.53. The zero-order valence-corrected chi connectivity index (χ0v) is 14.6. The fourth-order valence-electron chi connectivity index (χ4n) is 2.48. The number of nitrogens with zero attached hydrogens (tertiary/aromatic N) is 3. The van der Waals surface area contributed by atoms with Gasteiger partial charge in [-0.2, -0.15) is 0 Å². The van der Waals surface area contributed by atoms with E-state index in [0.29, 0.717) is 0 Å². The van der Waals surface area contributed by atoms with Crippen LogP contribution in [0, 0.1) is 0 Å². The topological polar surface area (TPSA) is 38.7 Å². The van der Waals surface area contributed by atoms with Crippen molar-refractivity contribution < 1.29 is 20.1 Å². The van der Waals surface area contributed by atoms with Crippen molar-refractivity contribution >= 4 is 11.0 Å². The molecule has 23 heavy (non-hydrogen) atoms. The second-order valence-corrected chi connectivity index (χ2v) is 4.99. The fraction of sp³-hybridized carbons (Fsp3) is 0. The fourth-order valence-corrected chi connectivity index (χ4v) is 2.48. The van der Waals surface area contributed by atoms with Gasteiger partial charge >= 0.3 is 0 Å². The van der Waals surface area contributed by atoms with Gasteiger partial charge < -0.3 is 0 Å². The summed E-state index contributed by atoms with van der Waals surface area (Å²) in [7, 11) is 0. The van der Waals surface area contributed by atoms with Crippen molar-refractivity contribution in [3.8, 4) is 22.6 Å². The van der Waals surface area contributed by atoms with Crippen molar-refractivity contribution in [2.45, 2.75) is 0 Å². The summed E-state index contributed by atoms with van der Waals surface area (Å²) in [6.07, 6.45) is 1.78. The summed E-state index contributed by atoms with van der Waals surface area (Å²) < 4.78 is 0. The van der Waals surface area contributed by atoms with Gasteiger partial charge in [0.05, 0.1) is 22.4 Å². The Morgan fingerprint density at radius 2 is 1.17 bits per heavy atom. The molecule has 4 aromatic rings. The molecule has 0 unspecified atom stereocenters. The van der Waals surface area contributed by atoms with E-state index in [4.69, 9.17) is 9.97 Å². The number of aromatic nitrogens is 3. The number of hydrogen-bond acceptors (Lipinski definition) is 3. The average molecular weight is 476 g/mol. The van der Waals surface area contributed by atoms with Crippen molar-refractivity contribution in [3.63, 3.8) is 0 Å². The second-order valence-electron chi connectivity index (χ2n) is 4.99. The number of pyridine rings is 1. The predicted octanol–water partition coefficient (Wildman–Crippen LogP) is 4.36. The van der Waals surface area contributed by atoms with Gasteiger partial charge in [0.1, 0.15) is 5.69 Å². The molecule has 2 aromatic heterocycles. The molecular formula is C19H13IrN3. The van der Waals surface area contributed by atoms with Crippen LogP contribution in [0.2, 0.25) is 0 Å². The van der Waals surface area contributed by atoms with E-state index in [0.717, 1.165) is 33.7 Å². The summed E-state index contributed by atoms with van der Waals surface area (Å²) in [6.45, 7) is 0. The molecule has 0 fully saturated rings. The van der Waals surface area contributed by atoms with E-state index in [1.165, 1.54) is 0 Å². The molecule has 2 heterocycles. The van der Waals surface area contributed by atoms with Crippen LogP contribution in [0.5, 0.6) is 0 Å². The van der Waals surface area contributed by atoms with Crippen LogP contribution in [0.3, 0.4) is 0 Å². The van der Waals surface area contributed by atoms with Crippen molar-refractivity contribution in [1.29, 1.82) is 0 Å². The molecule has 0 N–H and O–H groups in total. The first kappa shape index (κ1) is 15.5. The first-order chi connectivity index (χ1) is 10.9. The van der Waals surface area contributed by atoms with Crippen LogP contribution in [0.1, 0.15) is 0 Å². The molecule has 0 saturated heterocycles. The van der Waals surface area contributed by atoms with Crippen molar-refractivity contribution in [3.05, 3.63) is 79.0 Å². The van der Waals surface area contributed by atoms with Gasteiger partial charge in [0, 0.05) is 31.9 Å². The van der Waals surface area contributed by atoms with Crippen LogP contribution < -0.4 is 0 Å².